The van der Waals surface area contributed by atoms with Crippen LogP contribution in [0.2, 0.25) is 0 Å². The summed E-state index contributed by atoms with van der Waals surface area (Å²) in [5.74, 6) is -0.288. The summed E-state index contributed by atoms with van der Waals surface area (Å²) in [6.45, 7) is 1.84. The monoisotopic (exact) mass is 275 g/mol. The van der Waals surface area contributed by atoms with E-state index in [1.807, 2.05) is 6.07 Å². The topological polar surface area (TPSA) is 64.4 Å². The standard InChI is InChI=1S/C15H21N3O2/c1-17-8-3-2-4-12(17)7-9-18-13-10-11(16)5-6-14(13)20-15(18)19/h5-6,10,12H,2-4,7-9,16H2,1H3. The average molecular weight is 275 g/mol. The minimum absolute atomic E-state index is 0.288. The molecule has 0 aliphatic carbocycles. The van der Waals surface area contributed by atoms with Crippen LogP contribution < -0.4 is 11.5 Å². The summed E-state index contributed by atoms with van der Waals surface area (Å²) in [4.78, 5) is 14.3. The average Bonchev–Trinajstić information content (AvgIpc) is 2.73. The molecule has 0 amide bonds. The highest BCUT2D eigenvalue weighted by molar-refractivity contribution is 5.76. The number of rotatable bonds is 3. The third-order valence-electron chi connectivity index (χ3n) is 4.30. The number of nitrogens with two attached hydrogens (primary N) is 1. The van der Waals surface area contributed by atoms with Gasteiger partial charge in [-0.15, -0.1) is 0 Å². The largest absolute Gasteiger partial charge is 0.419 e. The van der Waals surface area contributed by atoms with E-state index in [9.17, 15) is 4.79 Å². The van der Waals surface area contributed by atoms with Gasteiger partial charge in [-0.2, -0.15) is 0 Å². The number of aryl methyl sites for hydroxylation is 1. The van der Waals surface area contributed by atoms with Gasteiger partial charge in [0.2, 0.25) is 0 Å². The Kier molecular flexibility index (Phi) is 3.53. The summed E-state index contributed by atoms with van der Waals surface area (Å²) in [5.41, 5.74) is 7.86. The van der Waals surface area contributed by atoms with Gasteiger partial charge in [-0.25, -0.2) is 4.79 Å². The zero-order valence-corrected chi connectivity index (χ0v) is 11.8. The third-order valence-corrected chi connectivity index (χ3v) is 4.30. The van der Waals surface area contributed by atoms with E-state index in [2.05, 4.69) is 11.9 Å². The van der Waals surface area contributed by atoms with Gasteiger partial charge >= 0.3 is 5.76 Å². The van der Waals surface area contributed by atoms with Gasteiger partial charge in [0, 0.05) is 18.3 Å². The van der Waals surface area contributed by atoms with Gasteiger partial charge in [0.25, 0.3) is 0 Å². The van der Waals surface area contributed by atoms with Gasteiger partial charge in [0.15, 0.2) is 5.58 Å². The Hall–Kier alpha value is -1.75. The van der Waals surface area contributed by atoms with Crippen molar-refractivity contribution in [3.05, 3.63) is 28.7 Å². The number of benzene rings is 1. The number of nitrogen functional groups attached to an aromatic ring is 1. The van der Waals surface area contributed by atoms with Crippen molar-refractivity contribution in [1.29, 1.82) is 0 Å². The predicted octanol–water partition coefficient (Wildman–Crippen LogP) is 2.05. The zero-order chi connectivity index (χ0) is 14.1. The second-order valence-corrected chi connectivity index (χ2v) is 5.67. The number of aromatic nitrogens is 1. The highest BCUT2D eigenvalue weighted by Gasteiger charge is 2.19. The first-order valence-corrected chi connectivity index (χ1v) is 7.24. The molecule has 1 aromatic carbocycles. The Bertz CT molecular complexity index is 659. The number of piperidine rings is 1. The summed E-state index contributed by atoms with van der Waals surface area (Å²) in [5, 5.41) is 0. The van der Waals surface area contributed by atoms with E-state index < -0.39 is 0 Å². The molecule has 1 atom stereocenters. The van der Waals surface area contributed by atoms with Crippen LogP contribution in [0.3, 0.4) is 0 Å². The number of fused-ring (bicyclic) bond motifs is 1. The van der Waals surface area contributed by atoms with Gasteiger partial charge in [-0.1, -0.05) is 6.42 Å². The first-order valence-electron chi connectivity index (χ1n) is 7.24. The van der Waals surface area contributed by atoms with Crippen molar-refractivity contribution >= 4 is 16.8 Å². The van der Waals surface area contributed by atoms with Gasteiger partial charge in [-0.3, -0.25) is 4.57 Å². The molecule has 2 heterocycles. The minimum Gasteiger partial charge on any atom is -0.408 e. The number of likely N-dealkylation sites (tertiary alicyclic amines) is 1. The Balaban J connectivity index is 1.81. The van der Waals surface area contributed by atoms with Crippen molar-refractivity contribution in [1.82, 2.24) is 9.47 Å². The normalized spacial score (nSPS) is 20.6. The minimum atomic E-state index is -0.288. The van der Waals surface area contributed by atoms with Crippen LogP contribution in [0.25, 0.3) is 11.1 Å². The maximum absolute atomic E-state index is 11.9. The fourth-order valence-corrected chi connectivity index (χ4v) is 3.08. The molecule has 1 unspecified atom stereocenters. The SMILES string of the molecule is CN1CCCCC1CCn1c(=O)oc2ccc(N)cc21. The molecule has 0 saturated carbocycles. The van der Waals surface area contributed by atoms with Gasteiger partial charge < -0.3 is 15.1 Å². The zero-order valence-electron chi connectivity index (χ0n) is 11.8. The maximum atomic E-state index is 11.9. The smallest absolute Gasteiger partial charge is 0.408 e. The van der Waals surface area contributed by atoms with E-state index in [0.717, 1.165) is 18.5 Å². The summed E-state index contributed by atoms with van der Waals surface area (Å²) < 4.78 is 6.96. The lowest BCUT2D eigenvalue weighted by Gasteiger charge is -2.32. The molecule has 1 aliphatic heterocycles. The molecule has 2 aromatic rings. The molecule has 108 valence electrons. The highest BCUT2D eigenvalue weighted by atomic mass is 16.4. The molecule has 3 rings (SSSR count). The van der Waals surface area contributed by atoms with Gasteiger partial charge in [0.1, 0.15) is 0 Å². The Morgan fingerprint density at radius 1 is 1.40 bits per heavy atom. The van der Waals surface area contributed by atoms with E-state index in [-0.39, 0.29) is 5.76 Å². The van der Waals surface area contributed by atoms with Crippen molar-refractivity contribution in [2.24, 2.45) is 0 Å². The Morgan fingerprint density at radius 3 is 3.05 bits per heavy atom. The lowest BCUT2D eigenvalue weighted by atomic mass is 10.0. The summed E-state index contributed by atoms with van der Waals surface area (Å²) in [6.07, 6.45) is 4.74. The molecule has 1 aliphatic rings. The van der Waals surface area contributed by atoms with E-state index in [0.29, 0.717) is 23.9 Å². The molecular weight excluding hydrogens is 254 g/mol. The van der Waals surface area contributed by atoms with Crippen LogP contribution in [0.4, 0.5) is 5.69 Å². The second kappa shape index (κ2) is 5.32. The quantitative estimate of drug-likeness (QED) is 0.871. The van der Waals surface area contributed by atoms with E-state index in [1.165, 1.54) is 19.3 Å². The molecule has 5 nitrogen and oxygen atoms in total. The maximum Gasteiger partial charge on any atom is 0.419 e. The summed E-state index contributed by atoms with van der Waals surface area (Å²) in [6, 6.07) is 5.88. The van der Waals surface area contributed by atoms with Crippen molar-refractivity contribution in [3.63, 3.8) is 0 Å². The van der Waals surface area contributed by atoms with Crippen molar-refractivity contribution in [2.75, 3.05) is 19.3 Å². The molecule has 1 fully saturated rings. The van der Waals surface area contributed by atoms with Crippen LogP contribution in [-0.4, -0.2) is 29.1 Å². The molecule has 1 aromatic heterocycles. The second-order valence-electron chi connectivity index (χ2n) is 5.67. The number of hydrogen-bond acceptors (Lipinski definition) is 4. The van der Waals surface area contributed by atoms with E-state index >= 15 is 0 Å². The first kappa shape index (κ1) is 13.2. The molecule has 5 heteroatoms. The highest BCUT2D eigenvalue weighted by Crippen LogP contribution is 2.20. The molecular formula is C15H21N3O2. The fourth-order valence-electron chi connectivity index (χ4n) is 3.08. The number of hydrogen-bond donors (Lipinski definition) is 1. The van der Waals surface area contributed by atoms with Crippen LogP contribution >= 0.6 is 0 Å². The lowest BCUT2D eigenvalue weighted by molar-refractivity contribution is 0.170. The molecule has 0 radical (unpaired) electrons. The van der Waals surface area contributed by atoms with Crippen LogP contribution in [-0.2, 0) is 6.54 Å². The van der Waals surface area contributed by atoms with E-state index in [1.54, 1.807) is 16.7 Å². The van der Waals surface area contributed by atoms with Crippen LogP contribution in [0.1, 0.15) is 25.7 Å². The van der Waals surface area contributed by atoms with Crippen molar-refractivity contribution in [2.45, 2.75) is 38.3 Å². The Labute approximate surface area is 118 Å². The number of anilines is 1. The first-order chi connectivity index (χ1) is 9.65. The third kappa shape index (κ3) is 2.45. The molecule has 0 bridgehead atoms. The van der Waals surface area contributed by atoms with Crippen molar-refractivity contribution in [3.8, 4) is 0 Å². The molecule has 2 N–H and O–H groups in total. The Morgan fingerprint density at radius 2 is 2.25 bits per heavy atom. The lowest BCUT2D eigenvalue weighted by Crippen LogP contribution is -2.37. The predicted molar refractivity (Wildman–Crippen MR) is 79.8 cm³/mol. The summed E-state index contributed by atoms with van der Waals surface area (Å²) >= 11 is 0. The number of nitrogens with zero attached hydrogens (tertiary/aromatic N) is 2. The summed E-state index contributed by atoms with van der Waals surface area (Å²) in [7, 11) is 2.16. The van der Waals surface area contributed by atoms with Crippen LogP contribution in [0.15, 0.2) is 27.4 Å². The molecule has 20 heavy (non-hydrogen) atoms. The molecule has 0 spiro atoms. The molecule has 1 saturated heterocycles. The van der Waals surface area contributed by atoms with Crippen LogP contribution in [0, 0.1) is 0 Å². The van der Waals surface area contributed by atoms with Gasteiger partial charge in [-0.05, 0) is 51.1 Å². The number of oxazole rings is 1. The van der Waals surface area contributed by atoms with Crippen LogP contribution in [0.5, 0.6) is 0 Å². The van der Waals surface area contributed by atoms with Gasteiger partial charge in [0.05, 0.1) is 5.52 Å². The van der Waals surface area contributed by atoms with E-state index in [4.69, 9.17) is 10.2 Å². The fraction of sp³-hybridized carbons (Fsp3) is 0.533. The van der Waals surface area contributed by atoms with Crippen molar-refractivity contribution < 1.29 is 4.42 Å².